The summed E-state index contributed by atoms with van der Waals surface area (Å²) in [7, 11) is 0. The maximum absolute atomic E-state index is 13.5. The number of amides is 1. The zero-order chi connectivity index (χ0) is 34.6. The number of rotatable bonds is 10. The number of carbonyl (C=O) groups is 5. The first-order chi connectivity index (χ1) is 22.7. The first kappa shape index (κ1) is 33.6. The number of aliphatic carboxylic acids is 1. The van der Waals surface area contributed by atoms with Gasteiger partial charge >= 0.3 is 11.9 Å². The molecule has 0 aliphatic heterocycles. The molecule has 4 aliphatic carbocycles. The third-order valence-electron chi connectivity index (χ3n) is 11.8. The van der Waals surface area contributed by atoms with Crippen molar-refractivity contribution in [3.63, 3.8) is 0 Å². The number of hydrogen-bond acceptors (Lipinski definition) is 9. The largest absolute Gasteiger partial charge is 0.508 e. The van der Waals surface area contributed by atoms with E-state index in [0.717, 1.165) is 12.0 Å². The number of nitrogens with one attached hydrogen (secondary N) is 2. The molecule has 3 fully saturated rings. The molecule has 12 nitrogen and oxygen atoms in total. The molecule has 256 valence electrons. The standard InChI is InChI=1S/C36H42N2O10/c1-34-11-9-22(40)14-20(34)3-5-23-25-10-12-36(47,35(25,2)16-28(41)32(23)34)29(42)18-48-31(44)8-7-30(43)38-27(33(45)46)13-19-17-37-26-6-4-21(39)15-24(19)26/h4,6,9,11,14-15,17,23,25,27-28,32,37,39,41,47H,3,5,7-8,10,12-13,16,18H2,1-2H3,(H,38,43)(H,45,46)/t23?,25?,27?,28?,32?,34-,35-,36-/m0/s1. The highest BCUT2D eigenvalue weighted by molar-refractivity contribution is 6.01. The number of ether oxygens (including phenoxy) is 1. The molecule has 1 amide bonds. The van der Waals surface area contributed by atoms with Crippen LogP contribution in [0.2, 0.25) is 0 Å². The number of aromatic nitrogens is 1. The Morgan fingerprint density at radius 1 is 1.15 bits per heavy atom. The number of aliphatic hydroxyl groups excluding tert-OH is 1. The van der Waals surface area contributed by atoms with Gasteiger partial charge in [0.05, 0.1) is 12.5 Å². The van der Waals surface area contributed by atoms with E-state index < -0.39 is 65.2 Å². The molecule has 4 aliphatic rings. The third kappa shape index (κ3) is 5.64. The minimum absolute atomic E-state index is 0.0153. The van der Waals surface area contributed by atoms with Crippen molar-refractivity contribution in [2.24, 2.45) is 28.6 Å². The van der Waals surface area contributed by atoms with E-state index >= 15 is 0 Å². The van der Waals surface area contributed by atoms with E-state index in [9.17, 15) is 44.4 Å². The van der Waals surface area contributed by atoms with Gasteiger partial charge < -0.3 is 35.5 Å². The van der Waals surface area contributed by atoms with Crippen molar-refractivity contribution < 1.29 is 49.1 Å². The molecule has 0 saturated heterocycles. The second kappa shape index (κ2) is 12.3. The number of H-pyrrole nitrogens is 1. The van der Waals surface area contributed by atoms with Crippen molar-refractivity contribution in [1.29, 1.82) is 0 Å². The molecule has 1 heterocycles. The number of hydrogen-bond donors (Lipinski definition) is 6. The maximum Gasteiger partial charge on any atom is 0.326 e. The topological polar surface area (TPSA) is 203 Å². The summed E-state index contributed by atoms with van der Waals surface area (Å²) in [6, 6.07) is 3.35. The number of benzene rings is 1. The Hall–Kier alpha value is -4.29. The number of Topliss-reactive ketones (excluding diaryl/α,β-unsaturated/α-hetero) is 1. The minimum atomic E-state index is -1.81. The van der Waals surface area contributed by atoms with Crippen molar-refractivity contribution in [2.45, 2.75) is 83.0 Å². The molecule has 1 aromatic heterocycles. The molecule has 6 rings (SSSR count). The van der Waals surface area contributed by atoms with Crippen molar-refractivity contribution in [1.82, 2.24) is 10.3 Å². The predicted octanol–water partition coefficient (Wildman–Crippen LogP) is 2.89. The lowest BCUT2D eigenvalue weighted by atomic mass is 9.46. The summed E-state index contributed by atoms with van der Waals surface area (Å²) in [5, 5.41) is 45.9. The Morgan fingerprint density at radius 2 is 1.92 bits per heavy atom. The quantitative estimate of drug-likeness (QED) is 0.205. The number of ketones is 2. The number of carboxylic acids is 1. The highest BCUT2D eigenvalue weighted by Crippen LogP contribution is 2.67. The fraction of sp³-hybridized carbons (Fsp3) is 0.528. The Bertz CT molecular complexity index is 1740. The highest BCUT2D eigenvalue weighted by Gasteiger charge is 2.68. The van der Waals surface area contributed by atoms with Gasteiger partial charge in [0.1, 0.15) is 17.4 Å². The average molecular weight is 663 g/mol. The molecule has 0 radical (unpaired) electrons. The molecule has 2 aromatic rings. The van der Waals surface area contributed by atoms with Crippen LogP contribution in [-0.2, 0) is 35.1 Å². The van der Waals surface area contributed by atoms with Crippen LogP contribution in [-0.4, -0.2) is 79.2 Å². The van der Waals surface area contributed by atoms with Gasteiger partial charge in [-0.3, -0.25) is 19.2 Å². The van der Waals surface area contributed by atoms with Crippen LogP contribution in [0.15, 0.2) is 48.2 Å². The van der Waals surface area contributed by atoms with Gasteiger partial charge in [0.25, 0.3) is 0 Å². The van der Waals surface area contributed by atoms with Gasteiger partial charge in [-0.25, -0.2) is 4.79 Å². The van der Waals surface area contributed by atoms with Crippen molar-refractivity contribution in [3.05, 3.63) is 53.8 Å². The average Bonchev–Trinajstić information content (AvgIpc) is 3.55. The Kier molecular flexibility index (Phi) is 8.61. The lowest BCUT2D eigenvalue weighted by molar-refractivity contribution is -0.181. The third-order valence-corrected chi connectivity index (χ3v) is 11.8. The smallest absolute Gasteiger partial charge is 0.326 e. The van der Waals surface area contributed by atoms with Crippen LogP contribution in [0.1, 0.15) is 64.4 Å². The fourth-order valence-electron chi connectivity index (χ4n) is 9.36. The number of esters is 1. The molecule has 48 heavy (non-hydrogen) atoms. The van der Waals surface area contributed by atoms with Gasteiger partial charge in [0.15, 0.2) is 12.4 Å². The Morgan fingerprint density at radius 3 is 2.67 bits per heavy atom. The van der Waals surface area contributed by atoms with E-state index in [-0.39, 0.29) is 55.0 Å². The minimum Gasteiger partial charge on any atom is -0.508 e. The van der Waals surface area contributed by atoms with Crippen molar-refractivity contribution in [3.8, 4) is 5.75 Å². The van der Waals surface area contributed by atoms with Gasteiger partial charge in [0.2, 0.25) is 11.7 Å². The molecule has 3 saturated carbocycles. The van der Waals surface area contributed by atoms with Crippen molar-refractivity contribution in [2.75, 3.05) is 6.61 Å². The number of phenols is 1. The van der Waals surface area contributed by atoms with E-state index in [1.54, 1.807) is 24.4 Å². The normalized spacial score (nSPS) is 32.8. The molecular formula is C36H42N2O10. The zero-order valence-electron chi connectivity index (χ0n) is 27.0. The number of phenolic OH excluding ortho intramolecular Hbond substituents is 1. The number of allylic oxidation sites excluding steroid dienone is 4. The number of carboxylic acid groups (broad SMARTS) is 1. The molecule has 6 N–H and O–H groups in total. The van der Waals surface area contributed by atoms with E-state index in [4.69, 9.17) is 4.74 Å². The van der Waals surface area contributed by atoms with E-state index in [2.05, 4.69) is 17.2 Å². The van der Waals surface area contributed by atoms with Crippen LogP contribution in [0.25, 0.3) is 10.9 Å². The van der Waals surface area contributed by atoms with Crippen LogP contribution in [0, 0.1) is 28.6 Å². The molecule has 0 spiro atoms. The van der Waals surface area contributed by atoms with Crippen LogP contribution < -0.4 is 5.32 Å². The second-order valence-corrected chi connectivity index (χ2v) is 14.4. The van der Waals surface area contributed by atoms with E-state index in [0.29, 0.717) is 29.3 Å². The molecule has 0 bridgehead atoms. The Balaban J connectivity index is 1.03. The van der Waals surface area contributed by atoms with Gasteiger partial charge in [-0.05, 0) is 79.9 Å². The number of aromatic amines is 1. The van der Waals surface area contributed by atoms with Crippen LogP contribution in [0.4, 0.5) is 0 Å². The predicted molar refractivity (Wildman–Crippen MR) is 171 cm³/mol. The monoisotopic (exact) mass is 662 g/mol. The second-order valence-electron chi connectivity index (χ2n) is 14.4. The molecular weight excluding hydrogens is 620 g/mol. The summed E-state index contributed by atoms with van der Waals surface area (Å²) < 4.78 is 5.20. The summed E-state index contributed by atoms with van der Waals surface area (Å²) in [6.07, 6.45) is 7.43. The van der Waals surface area contributed by atoms with E-state index in [1.807, 2.05) is 13.0 Å². The van der Waals surface area contributed by atoms with Crippen LogP contribution in [0.3, 0.4) is 0 Å². The van der Waals surface area contributed by atoms with Gasteiger partial charge in [0, 0.05) is 46.7 Å². The van der Waals surface area contributed by atoms with Crippen LogP contribution >= 0.6 is 0 Å². The molecule has 1 aromatic carbocycles. The molecule has 5 unspecified atom stereocenters. The molecule has 12 heteroatoms. The maximum atomic E-state index is 13.5. The van der Waals surface area contributed by atoms with E-state index in [1.165, 1.54) is 12.1 Å². The SMILES string of the molecule is C[C@]12C=CC(=O)C=C1CCC1C2C(O)C[C@@]2(C)C1CC[C@]2(O)C(=O)COC(=O)CCC(=O)NC(Cc1c[nH]c2ccc(O)cc12)C(=O)O. The summed E-state index contributed by atoms with van der Waals surface area (Å²) in [6.45, 7) is 3.19. The number of aliphatic hydroxyl groups is 2. The number of fused-ring (bicyclic) bond motifs is 6. The summed E-state index contributed by atoms with van der Waals surface area (Å²) in [5.41, 5.74) is -0.952. The van der Waals surface area contributed by atoms with Crippen LogP contribution in [0.5, 0.6) is 5.75 Å². The van der Waals surface area contributed by atoms with Gasteiger partial charge in [-0.15, -0.1) is 0 Å². The summed E-state index contributed by atoms with van der Waals surface area (Å²) in [4.78, 5) is 65.6. The fourth-order valence-corrected chi connectivity index (χ4v) is 9.36. The highest BCUT2D eigenvalue weighted by atomic mass is 16.5. The number of carbonyl (C=O) groups excluding carboxylic acids is 4. The lowest BCUT2D eigenvalue weighted by Gasteiger charge is -2.59. The van der Waals surface area contributed by atoms with Gasteiger partial charge in [-0.2, -0.15) is 0 Å². The van der Waals surface area contributed by atoms with Crippen molar-refractivity contribution >= 4 is 40.3 Å². The first-order valence-electron chi connectivity index (χ1n) is 16.5. The Labute approximate surface area is 277 Å². The first-order valence-corrected chi connectivity index (χ1v) is 16.5. The number of aromatic hydroxyl groups is 1. The zero-order valence-corrected chi connectivity index (χ0v) is 27.0. The lowest BCUT2D eigenvalue weighted by Crippen LogP contribution is -2.61. The summed E-state index contributed by atoms with van der Waals surface area (Å²) >= 11 is 0. The molecule has 8 atom stereocenters. The summed E-state index contributed by atoms with van der Waals surface area (Å²) in [5.74, 6) is -3.69. The van der Waals surface area contributed by atoms with Gasteiger partial charge in [-0.1, -0.05) is 25.5 Å².